The molecule has 0 unspecified atom stereocenters. The second-order valence-corrected chi connectivity index (χ2v) is 6.52. The topological polar surface area (TPSA) is 116 Å². The van der Waals surface area contributed by atoms with E-state index in [2.05, 4.69) is 0 Å². The lowest BCUT2D eigenvalue weighted by atomic mass is 9.98. The van der Waals surface area contributed by atoms with Gasteiger partial charge in [-0.15, -0.1) is 0 Å². The highest BCUT2D eigenvalue weighted by Crippen LogP contribution is 2.30. The normalized spacial score (nSPS) is 29.2. The number of methoxy groups -OCH3 is 1. The smallest absolute Gasteiger partial charge is 0.342 e. The Morgan fingerprint density at radius 1 is 1.15 bits per heavy atom. The van der Waals surface area contributed by atoms with Crippen molar-refractivity contribution in [3.8, 4) is 11.5 Å². The molecule has 4 atom stereocenters. The zero-order valence-electron chi connectivity index (χ0n) is 15.0. The van der Waals surface area contributed by atoms with Crippen molar-refractivity contribution in [1.82, 2.24) is 0 Å². The van der Waals surface area contributed by atoms with Crippen molar-refractivity contribution in [2.75, 3.05) is 7.11 Å². The molecule has 0 fully saturated rings. The first-order valence-electron chi connectivity index (χ1n) is 8.66. The molecule has 0 saturated carbocycles. The fourth-order valence-electron chi connectivity index (χ4n) is 2.91. The minimum Gasteiger partial charge on any atom is -0.507 e. The molecule has 7 nitrogen and oxygen atoms in total. The van der Waals surface area contributed by atoms with E-state index in [-0.39, 0.29) is 24.2 Å². The summed E-state index contributed by atoms with van der Waals surface area (Å²) in [6.07, 6.45) is 0.542. The molecular weight excluding hydrogens is 340 g/mol. The van der Waals surface area contributed by atoms with Crippen LogP contribution in [0, 0.1) is 0 Å². The minimum absolute atomic E-state index is 0.0148. The third-order valence-electron chi connectivity index (χ3n) is 4.44. The van der Waals surface area contributed by atoms with Crippen LogP contribution in [0.4, 0.5) is 0 Å². The molecule has 1 aliphatic rings. The van der Waals surface area contributed by atoms with Crippen molar-refractivity contribution in [2.45, 2.75) is 57.0 Å². The molecule has 0 aliphatic carbocycles. The lowest BCUT2D eigenvalue weighted by Crippen LogP contribution is -2.37. The van der Waals surface area contributed by atoms with Crippen LogP contribution in [0.2, 0.25) is 0 Å². The van der Waals surface area contributed by atoms with Gasteiger partial charge in [0.15, 0.2) is 0 Å². The molecule has 0 radical (unpaired) electrons. The van der Waals surface area contributed by atoms with Gasteiger partial charge in [0.2, 0.25) is 0 Å². The Morgan fingerprint density at radius 3 is 2.58 bits per heavy atom. The SMILES string of the molecule is COc1cc(O)c2c(c1)/C=C/C[C@H](O)[C@H](O)[C@H](O)CCC[C@H](C)OC2=O. The number of carbonyl (C=O) groups excluding carboxylic acids is 1. The number of benzene rings is 1. The maximum atomic E-state index is 12.5. The van der Waals surface area contributed by atoms with E-state index in [0.29, 0.717) is 24.2 Å². The number of aliphatic hydroxyl groups excluding tert-OH is 3. The minimum atomic E-state index is -1.27. The summed E-state index contributed by atoms with van der Waals surface area (Å²) in [6.45, 7) is 1.72. The molecule has 1 aliphatic heterocycles. The zero-order valence-corrected chi connectivity index (χ0v) is 15.0. The standard InChI is InChI=1S/C19H26O7/c1-11-5-3-7-14(20)18(23)15(21)8-4-6-12-9-13(25-2)10-16(22)17(12)19(24)26-11/h4,6,9-11,14-15,18,20-23H,3,5,7-8H2,1-2H3/b6-4+/t11-,14+,15-,18+/m0/s1. The predicted octanol–water partition coefficient (Wildman–Crippen LogP) is 1.62. The monoisotopic (exact) mass is 366 g/mol. The average Bonchev–Trinajstić information content (AvgIpc) is 2.59. The van der Waals surface area contributed by atoms with Crippen molar-refractivity contribution >= 4 is 12.0 Å². The van der Waals surface area contributed by atoms with Crippen LogP contribution in [0.5, 0.6) is 11.5 Å². The van der Waals surface area contributed by atoms with Crippen LogP contribution >= 0.6 is 0 Å². The summed E-state index contributed by atoms with van der Waals surface area (Å²) in [6, 6.07) is 2.90. The van der Waals surface area contributed by atoms with E-state index >= 15 is 0 Å². The molecule has 0 bridgehead atoms. The van der Waals surface area contributed by atoms with Crippen molar-refractivity contribution < 1.29 is 34.7 Å². The van der Waals surface area contributed by atoms with Crippen LogP contribution in [0.1, 0.15) is 48.5 Å². The Kier molecular flexibility index (Phi) is 7.02. The number of cyclic esters (lactones) is 1. The third-order valence-corrected chi connectivity index (χ3v) is 4.44. The Bertz CT molecular complexity index is 656. The van der Waals surface area contributed by atoms with Crippen LogP contribution in [0.15, 0.2) is 18.2 Å². The van der Waals surface area contributed by atoms with Gasteiger partial charge in [0.1, 0.15) is 23.2 Å². The fourth-order valence-corrected chi connectivity index (χ4v) is 2.91. The number of rotatable bonds is 1. The van der Waals surface area contributed by atoms with Gasteiger partial charge < -0.3 is 29.9 Å². The van der Waals surface area contributed by atoms with E-state index in [1.54, 1.807) is 19.1 Å². The summed E-state index contributed by atoms with van der Waals surface area (Å²) in [7, 11) is 1.44. The van der Waals surface area contributed by atoms with Crippen LogP contribution in [-0.2, 0) is 4.74 Å². The highest BCUT2D eigenvalue weighted by Gasteiger charge is 2.25. The van der Waals surface area contributed by atoms with Crippen molar-refractivity contribution in [3.05, 3.63) is 29.3 Å². The summed E-state index contributed by atoms with van der Waals surface area (Å²) < 4.78 is 10.5. The Labute approximate surface area is 152 Å². The van der Waals surface area contributed by atoms with E-state index in [0.717, 1.165) is 0 Å². The van der Waals surface area contributed by atoms with E-state index in [4.69, 9.17) is 9.47 Å². The highest BCUT2D eigenvalue weighted by molar-refractivity contribution is 5.97. The lowest BCUT2D eigenvalue weighted by Gasteiger charge is -2.23. The van der Waals surface area contributed by atoms with Crippen LogP contribution < -0.4 is 4.74 Å². The highest BCUT2D eigenvalue weighted by atomic mass is 16.5. The van der Waals surface area contributed by atoms with Gasteiger partial charge in [0.05, 0.1) is 25.4 Å². The predicted molar refractivity (Wildman–Crippen MR) is 95.1 cm³/mol. The molecule has 2 rings (SSSR count). The van der Waals surface area contributed by atoms with Gasteiger partial charge in [-0.05, 0) is 44.2 Å². The first-order valence-corrected chi connectivity index (χ1v) is 8.66. The van der Waals surface area contributed by atoms with Crippen LogP contribution in [0.25, 0.3) is 6.08 Å². The second kappa shape index (κ2) is 9.02. The van der Waals surface area contributed by atoms with Gasteiger partial charge in [-0.2, -0.15) is 0 Å². The Hall–Kier alpha value is -2.09. The molecule has 1 aromatic carbocycles. The third kappa shape index (κ3) is 4.97. The summed E-state index contributed by atoms with van der Waals surface area (Å²) >= 11 is 0. The molecule has 7 heteroatoms. The van der Waals surface area contributed by atoms with Gasteiger partial charge in [-0.25, -0.2) is 4.79 Å². The van der Waals surface area contributed by atoms with E-state index < -0.39 is 30.4 Å². The number of fused-ring (bicyclic) bond motifs is 1. The molecular formula is C19H26O7. The first kappa shape index (κ1) is 20.2. The lowest BCUT2D eigenvalue weighted by molar-refractivity contribution is -0.0613. The fraction of sp³-hybridized carbons (Fsp3) is 0.526. The maximum Gasteiger partial charge on any atom is 0.342 e. The second-order valence-electron chi connectivity index (χ2n) is 6.52. The maximum absolute atomic E-state index is 12.5. The van der Waals surface area contributed by atoms with Gasteiger partial charge in [-0.3, -0.25) is 0 Å². The zero-order chi connectivity index (χ0) is 19.3. The Balaban J connectivity index is 2.40. The van der Waals surface area contributed by atoms with Crippen molar-refractivity contribution in [1.29, 1.82) is 0 Å². The molecule has 1 aromatic rings. The van der Waals surface area contributed by atoms with E-state index in [9.17, 15) is 25.2 Å². The molecule has 0 saturated heterocycles. The number of carbonyl (C=O) groups is 1. The molecule has 144 valence electrons. The van der Waals surface area contributed by atoms with Gasteiger partial charge in [0, 0.05) is 6.07 Å². The number of aliphatic hydroxyl groups is 3. The van der Waals surface area contributed by atoms with Crippen LogP contribution in [0.3, 0.4) is 0 Å². The van der Waals surface area contributed by atoms with Gasteiger partial charge >= 0.3 is 5.97 Å². The molecule has 0 aromatic heterocycles. The van der Waals surface area contributed by atoms with Gasteiger partial charge in [0.25, 0.3) is 0 Å². The number of hydrogen-bond acceptors (Lipinski definition) is 7. The molecule has 4 N–H and O–H groups in total. The number of hydrogen-bond donors (Lipinski definition) is 4. The van der Waals surface area contributed by atoms with E-state index in [1.165, 1.54) is 19.3 Å². The quantitative estimate of drug-likeness (QED) is 0.558. The largest absolute Gasteiger partial charge is 0.507 e. The summed E-state index contributed by atoms with van der Waals surface area (Å²) in [4.78, 5) is 12.5. The summed E-state index contributed by atoms with van der Waals surface area (Å²) in [5.74, 6) is -0.552. The van der Waals surface area contributed by atoms with Crippen molar-refractivity contribution in [2.24, 2.45) is 0 Å². The molecule has 1 heterocycles. The number of ether oxygens (including phenoxy) is 2. The number of phenolic OH excluding ortho intramolecular Hbond substituents is 1. The number of aromatic hydroxyl groups is 1. The first-order chi connectivity index (χ1) is 12.3. The van der Waals surface area contributed by atoms with E-state index in [1.807, 2.05) is 0 Å². The number of esters is 1. The average molecular weight is 366 g/mol. The summed E-state index contributed by atoms with van der Waals surface area (Å²) in [5, 5.41) is 40.2. The molecule has 26 heavy (non-hydrogen) atoms. The molecule has 0 amide bonds. The molecule has 0 spiro atoms. The van der Waals surface area contributed by atoms with Gasteiger partial charge in [-0.1, -0.05) is 12.2 Å². The van der Waals surface area contributed by atoms with Crippen molar-refractivity contribution in [3.63, 3.8) is 0 Å². The van der Waals surface area contributed by atoms with Crippen LogP contribution in [-0.4, -0.2) is 57.9 Å². The Morgan fingerprint density at radius 2 is 1.88 bits per heavy atom. The summed E-state index contributed by atoms with van der Waals surface area (Å²) in [5.41, 5.74) is 0.388. The number of phenols is 1.